The molecule has 31 heavy (non-hydrogen) atoms. The fourth-order valence-corrected chi connectivity index (χ4v) is 3.02. The highest BCUT2D eigenvalue weighted by molar-refractivity contribution is 6.03. The maximum atomic E-state index is 13.2. The Labute approximate surface area is 173 Å². The van der Waals surface area contributed by atoms with E-state index in [-0.39, 0.29) is 22.9 Å². The molecular formula is C20H12F2N6O3. The lowest BCUT2D eigenvalue weighted by atomic mass is 10.2. The average molecular weight is 422 g/mol. The molecule has 0 aliphatic carbocycles. The Morgan fingerprint density at radius 1 is 0.968 bits per heavy atom. The molecule has 4 aromatic rings. The van der Waals surface area contributed by atoms with Crippen LogP contribution in [0.5, 0.6) is 11.5 Å². The standard InChI is InChI=1S/C20H12F2N6O3/c21-20(22)30-16-2-1-13(9-17(16)31-20)26-19(29)14-10-15(12-3-5-23-6-4-12)28(27-14)18-11-24-7-8-25-18/h1-11H,(H,26,29). The first-order valence-corrected chi connectivity index (χ1v) is 8.97. The van der Waals surface area contributed by atoms with Crippen molar-refractivity contribution in [1.82, 2.24) is 24.7 Å². The van der Waals surface area contributed by atoms with Crippen LogP contribution >= 0.6 is 0 Å². The van der Waals surface area contributed by atoms with Crippen LogP contribution in [0.25, 0.3) is 17.1 Å². The van der Waals surface area contributed by atoms with Gasteiger partial charge in [-0.15, -0.1) is 8.78 Å². The minimum Gasteiger partial charge on any atom is -0.395 e. The Kier molecular flexibility index (Phi) is 4.28. The number of benzene rings is 1. The topological polar surface area (TPSA) is 104 Å². The summed E-state index contributed by atoms with van der Waals surface area (Å²) in [6, 6.07) is 9.07. The molecule has 3 aromatic heterocycles. The maximum absolute atomic E-state index is 13.2. The van der Waals surface area contributed by atoms with Crippen LogP contribution in [0.15, 0.2) is 67.4 Å². The fraction of sp³-hybridized carbons (Fsp3) is 0.0500. The lowest BCUT2D eigenvalue weighted by Crippen LogP contribution is -2.25. The van der Waals surface area contributed by atoms with Crippen molar-refractivity contribution in [2.24, 2.45) is 0 Å². The third kappa shape index (κ3) is 3.64. The highest BCUT2D eigenvalue weighted by atomic mass is 19.3. The monoisotopic (exact) mass is 422 g/mol. The third-order valence-corrected chi connectivity index (χ3v) is 4.34. The van der Waals surface area contributed by atoms with Gasteiger partial charge in [0.25, 0.3) is 5.91 Å². The lowest BCUT2D eigenvalue weighted by Gasteiger charge is -2.05. The molecule has 1 amide bonds. The molecule has 5 rings (SSSR count). The zero-order chi connectivity index (χ0) is 21.4. The van der Waals surface area contributed by atoms with E-state index < -0.39 is 12.2 Å². The molecule has 0 fully saturated rings. The first-order valence-electron chi connectivity index (χ1n) is 8.97. The summed E-state index contributed by atoms with van der Waals surface area (Å²) in [5, 5.41) is 6.97. The van der Waals surface area contributed by atoms with Gasteiger partial charge in [0.15, 0.2) is 23.0 Å². The number of carbonyl (C=O) groups is 1. The minimum absolute atomic E-state index is 0.0838. The number of fused-ring (bicyclic) bond motifs is 1. The molecule has 0 radical (unpaired) electrons. The van der Waals surface area contributed by atoms with Crippen molar-refractivity contribution in [3.05, 3.63) is 73.1 Å². The van der Waals surface area contributed by atoms with Gasteiger partial charge in [0, 0.05) is 42.1 Å². The second-order valence-corrected chi connectivity index (χ2v) is 6.41. The number of nitrogens with one attached hydrogen (secondary N) is 1. The molecule has 0 atom stereocenters. The Balaban J connectivity index is 1.47. The summed E-state index contributed by atoms with van der Waals surface area (Å²) >= 11 is 0. The zero-order valence-corrected chi connectivity index (χ0v) is 15.6. The molecule has 0 saturated heterocycles. The molecular weight excluding hydrogens is 410 g/mol. The van der Waals surface area contributed by atoms with Crippen molar-refractivity contribution < 1.29 is 23.0 Å². The summed E-state index contributed by atoms with van der Waals surface area (Å²) in [7, 11) is 0. The van der Waals surface area contributed by atoms with Crippen LogP contribution in [0.2, 0.25) is 0 Å². The molecule has 154 valence electrons. The van der Waals surface area contributed by atoms with E-state index in [4.69, 9.17) is 0 Å². The van der Waals surface area contributed by atoms with E-state index in [2.05, 4.69) is 34.8 Å². The number of pyridine rings is 1. The van der Waals surface area contributed by atoms with Crippen LogP contribution in [0.4, 0.5) is 14.5 Å². The molecule has 0 bridgehead atoms. The summed E-state index contributed by atoms with van der Waals surface area (Å²) in [5.74, 6) is -0.428. The molecule has 0 saturated carbocycles. The fourth-order valence-electron chi connectivity index (χ4n) is 3.02. The Hall–Kier alpha value is -4.41. The van der Waals surface area contributed by atoms with Gasteiger partial charge in [0.2, 0.25) is 0 Å². The van der Waals surface area contributed by atoms with E-state index in [1.807, 2.05) is 0 Å². The molecule has 0 unspecified atom stereocenters. The van der Waals surface area contributed by atoms with Crippen molar-refractivity contribution in [2.45, 2.75) is 6.29 Å². The van der Waals surface area contributed by atoms with Gasteiger partial charge in [0.1, 0.15) is 0 Å². The van der Waals surface area contributed by atoms with Gasteiger partial charge in [-0.25, -0.2) is 9.67 Å². The van der Waals surface area contributed by atoms with Gasteiger partial charge in [-0.2, -0.15) is 5.10 Å². The minimum atomic E-state index is -3.74. The zero-order valence-electron chi connectivity index (χ0n) is 15.6. The Morgan fingerprint density at radius 3 is 2.55 bits per heavy atom. The summed E-state index contributed by atoms with van der Waals surface area (Å²) in [6.07, 6.45) is 4.04. The second-order valence-electron chi connectivity index (χ2n) is 6.41. The first kappa shape index (κ1) is 18.6. The van der Waals surface area contributed by atoms with E-state index >= 15 is 0 Å². The number of carbonyl (C=O) groups excluding carboxylic acids is 1. The highest BCUT2D eigenvalue weighted by Crippen LogP contribution is 2.42. The smallest absolute Gasteiger partial charge is 0.395 e. The molecule has 1 aliphatic heterocycles. The molecule has 1 N–H and O–H groups in total. The molecule has 9 nitrogen and oxygen atoms in total. The number of alkyl halides is 2. The molecule has 1 aliphatic rings. The average Bonchev–Trinajstić information content (AvgIpc) is 3.35. The molecule has 1 aromatic carbocycles. The van der Waals surface area contributed by atoms with Gasteiger partial charge in [-0.1, -0.05) is 0 Å². The summed E-state index contributed by atoms with van der Waals surface area (Å²) < 4.78 is 36.7. The normalized spacial score (nSPS) is 13.7. The number of halogens is 2. The largest absolute Gasteiger partial charge is 0.586 e. The van der Waals surface area contributed by atoms with Gasteiger partial charge >= 0.3 is 6.29 Å². The van der Waals surface area contributed by atoms with Crippen molar-refractivity contribution in [3.8, 4) is 28.6 Å². The summed E-state index contributed by atoms with van der Waals surface area (Å²) in [5.41, 5.74) is 1.68. The Bertz CT molecular complexity index is 1210. The SMILES string of the molecule is O=C(Nc1ccc2c(c1)OC(F)(F)O2)c1cc(-c2ccncc2)n(-c2cnccn2)n1. The van der Waals surface area contributed by atoms with E-state index in [9.17, 15) is 13.6 Å². The highest BCUT2D eigenvalue weighted by Gasteiger charge is 2.43. The van der Waals surface area contributed by atoms with Crippen LogP contribution < -0.4 is 14.8 Å². The van der Waals surface area contributed by atoms with Crippen LogP contribution in [0.1, 0.15) is 10.5 Å². The predicted octanol–water partition coefficient (Wildman–Crippen LogP) is 3.30. The number of ether oxygens (including phenoxy) is 2. The van der Waals surface area contributed by atoms with Crippen LogP contribution in [-0.4, -0.2) is 36.9 Å². The van der Waals surface area contributed by atoms with Gasteiger partial charge in [-0.3, -0.25) is 14.8 Å². The number of nitrogens with zero attached hydrogens (tertiary/aromatic N) is 5. The van der Waals surface area contributed by atoms with Crippen molar-refractivity contribution in [1.29, 1.82) is 0 Å². The number of hydrogen-bond acceptors (Lipinski definition) is 7. The number of aromatic nitrogens is 5. The summed E-state index contributed by atoms with van der Waals surface area (Å²) in [4.78, 5) is 25.1. The van der Waals surface area contributed by atoms with E-state index in [1.54, 1.807) is 30.6 Å². The number of amides is 1. The molecule has 4 heterocycles. The quantitative estimate of drug-likeness (QED) is 0.538. The second kappa shape index (κ2) is 7.13. The van der Waals surface area contributed by atoms with Crippen LogP contribution in [0, 0.1) is 0 Å². The number of hydrogen-bond donors (Lipinski definition) is 1. The van der Waals surface area contributed by atoms with E-state index in [1.165, 1.54) is 41.5 Å². The maximum Gasteiger partial charge on any atom is 0.586 e. The predicted molar refractivity (Wildman–Crippen MR) is 103 cm³/mol. The van der Waals surface area contributed by atoms with Crippen molar-refractivity contribution in [3.63, 3.8) is 0 Å². The Morgan fingerprint density at radius 2 is 1.77 bits per heavy atom. The van der Waals surface area contributed by atoms with Crippen molar-refractivity contribution in [2.75, 3.05) is 5.32 Å². The third-order valence-electron chi connectivity index (χ3n) is 4.34. The van der Waals surface area contributed by atoms with E-state index in [0.717, 1.165) is 5.56 Å². The van der Waals surface area contributed by atoms with Crippen LogP contribution in [0.3, 0.4) is 0 Å². The first-order chi connectivity index (χ1) is 15.0. The van der Waals surface area contributed by atoms with Crippen molar-refractivity contribution >= 4 is 11.6 Å². The lowest BCUT2D eigenvalue weighted by molar-refractivity contribution is -0.286. The molecule has 0 spiro atoms. The number of rotatable bonds is 4. The van der Waals surface area contributed by atoms with Gasteiger partial charge in [0.05, 0.1) is 11.9 Å². The summed E-state index contributed by atoms with van der Waals surface area (Å²) in [6.45, 7) is 0. The number of anilines is 1. The molecule has 11 heteroatoms. The van der Waals surface area contributed by atoms with Crippen LogP contribution in [-0.2, 0) is 0 Å². The van der Waals surface area contributed by atoms with Gasteiger partial charge in [-0.05, 0) is 30.3 Å². The van der Waals surface area contributed by atoms with E-state index in [0.29, 0.717) is 11.5 Å². The van der Waals surface area contributed by atoms with Gasteiger partial charge < -0.3 is 14.8 Å².